The summed E-state index contributed by atoms with van der Waals surface area (Å²) in [5, 5.41) is 3.31. The number of hydrogen-bond acceptors (Lipinski definition) is 3. The Morgan fingerprint density at radius 2 is 2.04 bits per heavy atom. The van der Waals surface area contributed by atoms with E-state index in [1.165, 1.54) is 17.0 Å². The molecule has 2 amide bonds. The molecule has 1 N–H and O–H groups in total. The highest BCUT2D eigenvalue weighted by Crippen LogP contribution is 2.30. The number of carbonyl (C=O) groups is 2. The van der Waals surface area contributed by atoms with Crippen LogP contribution in [0.4, 0.5) is 4.39 Å². The van der Waals surface area contributed by atoms with Crippen molar-refractivity contribution in [3.05, 3.63) is 70.5 Å². The van der Waals surface area contributed by atoms with E-state index in [-0.39, 0.29) is 30.8 Å². The number of benzene rings is 2. The second kappa shape index (κ2) is 7.85. The number of likely N-dealkylation sites (N-methyl/N-ethyl adjacent to an activating group) is 1. The van der Waals surface area contributed by atoms with Crippen LogP contribution in [0.3, 0.4) is 0 Å². The van der Waals surface area contributed by atoms with Crippen LogP contribution in [-0.2, 0) is 20.9 Å². The third-order valence-electron chi connectivity index (χ3n) is 4.31. The van der Waals surface area contributed by atoms with Gasteiger partial charge in [0.25, 0.3) is 5.91 Å². The Morgan fingerprint density at radius 1 is 1.31 bits per heavy atom. The van der Waals surface area contributed by atoms with Gasteiger partial charge in [-0.05, 0) is 35.4 Å². The van der Waals surface area contributed by atoms with Gasteiger partial charge in [-0.15, -0.1) is 0 Å². The standard InChI is InChI=1S/C19H18ClFN2O3/c1-23-16(24)11-26-18(17(23)13-5-7-14(20)8-6-13)19(25)22-10-12-3-2-4-15(21)9-12/h2-9,17-18H,10-11H2,1H3,(H,22,25)/t17-,18-/m1/s1. The molecule has 0 radical (unpaired) electrons. The van der Waals surface area contributed by atoms with Gasteiger partial charge >= 0.3 is 0 Å². The highest BCUT2D eigenvalue weighted by Gasteiger charge is 2.39. The first kappa shape index (κ1) is 18.4. The van der Waals surface area contributed by atoms with Gasteiger partial charge < -0.3 is 15.0 Å². The van der Waals surface area contributed by atoms with E-state index >= 15 is 0 Å². The summed E-state index contributed by atoms with van der Waals surface area (Å²) in [5.41, 5.74) is 1.39. The van der Waals surface area contributed by atoms with E-state index in [2.05, 4.69) is 5.32 Å². The molecule has 3 rings (SSSR count). The van der Waals surface area contributed by atoms with Crippen molar-refractivity contribution in [1.82, 2.24) is 10.2 Å². The highest BCUT2D eigenvalue weighted by atomic mass is 35.5. The molecule has 1 aliphatic rings. The number of halogens is 2. The summed E-state index contributed by atoms with van der Waals surface area (Å²) in [4.78, 5) is 26.2. The van der Waals surface area contributed by atoms with Gasteiger partial charge in [0.2, 0.25) is 5.91 Å². The van der Waals surface area contributed by atoms with E-state index in [1.807, 2.05) is 0 Å². The van der Waals surface area contributed by atoms with Crippen molar-refractivity contribution in [2.45, 2.75) is 18.7 Å². The lowest BCUT2D eigenvalue weighted by Gasteiger charge is -2.38. The Balaban J connectivity index is 1.77. The summed E-state index contributed by atoms with van der Waals surface area (Å²) in [5.74, 6) is -0.942. The van der Waals surface area contributed by atoms with Crippen molar-refractivity contribution >= 4 is 23.4 Å². The molecule has 26 heavy (non-hydrogen) atoms. The Morgan fingerprint density at radius 3 is 2.73 bits per heavy atom. The number of nitrogens with one attached hydrogen (secondary N) is 1. The van der Waals surface area contributed by atoms with Crippen LogP contribution in [0.25, 0.3) is 0 Å². The maximum Gasteiger partial charge on any atom is 0.251 e. The average Bonchev–Trinajstić information content (AvgIpc) is 2.63. The van der Waals surface area contributed by atoms with Crippen molar-refractivity contribution < 1.29 is 18.7 Å². The van der Waals surface area contributed by atoms with Gasteiger partial charge in [0.05, 0.1) is 6.04 Å². The Hall–Kier alpha value is -2.44. The minimum atomic E-state index is -0.868. The molecule has 0 unspecified atom stereocenters. The van der Waals surface area contributed by atoms with E-state index in [9.17, 15) is 14.0 Å². The third-order valence-corrected chi connectivity index (χ3v) is 4.56. The molecule has 1 fully saturated rings. The maximum absolute atomic E-state index is 13.3. The van der Waals surface area contributed by atoms with Crippen LogP contribution >= 0.6 is 11.6 Å². The summed E-state index contributed by atoms with van der Waals surface area (Å²) in [7, 11) is 1.64. The third kappa shape index (κ3) is 4.03. The number of hydrogen-bond donors (Lipinski definition) is 1. The molecule has 2 atom stereocenters. The topological polar surface area (TPSA) is 58.6 Å². The second-order valence-electron chi connectivity index (χ2n) is 6.08. The normalized spacial score (nSPS) is 20.1. The van der Waals surface area contributed by atoms with Gasteiger partial charge in [-0.2, -0.15) is 0 Å². The number of nitrogens with zero attached hydrogens (tertiary/aromatic N) is 1. The molecular formula is C19H18ClFN2O3. The maximum atomic E-state index is 13.3. The summed E-state index contributed by atoms with van der Waals surface area (Å²) in [6.45, 7) is 0.0000927. The minimum Gasteiger partial charge on any atom is -0.356 e. The molecule has 1 saturated heterocycles. The van der Waals surface area contributed by atoms with E-state index < -0.39 is 12.1 Å². The van der Waals surface area contributed by atoms with Gasteiger partial charge in [-0.3, -0.25) is 9.59 Å². The predicted octanol–water partition coefficient (Wildman–Crippen LogP) is 2.69. The fourth-order valence-electron chi connectivity index (χ4n) is 2.93. The zero-order chi connectivity index (χ0) is 18.7. The fraction of sp³-hybridized carbons (Fsp3) is 0.263. The van der Waals surface area contributed by atoms with Crippen LogP contribution in [0.15, 0.2) is 48.5 Å². The van der Waals surface area contributed by atoms with Gasteiger partial charge in [-0.25, -0.2) is 4.39 Å². The summed E-state index contributed by atoms with van der Waals surface area (Å²) < 4.78 is 18.8. The van der Waals surface area contributed by atoms with Crippen molar-refractivity contribution in [3.8, 4) is 0 Å². The van der Waals surface area contributed by atoms with Crippen LogP contribution in [0.5, 0.6) is 0 Å². The summed E-state index contributed by atoms with van der Waals surface area (Å²) in [6.07, 6.45) is -0.868. The molecule has 7 heteroatoms. The zero-order valence-electron chi connectivity index (χ0n) is 14.1. The predicted molar refractivity (Wildman–Crippen MR) is 94.9 cm³/mol. The molecule has 0 aromatic heterocycles. The average molecular weight is 377 g/mol. The van der Waals surface area contributed by atoms with Gasteiger partial charge in [0.15, 0.2) is 6.10 Å². The van der Waals surface area contributed by atoms with Crippen LogP contribution < -0.4 is 5.32 Å². The number of ether oxygens (including phenoxy) is 1. The molecule has 0 bridgehead atoms. The molecular weight excluding hydrogens is 359 g/mol. The molecule has 0 saturated carbocycles. The van der Waals surface area contributed by atoms with Crippen molar-refractivity contribution in [1.29, 1.82) is 0 Å². The van der Waals surface area contributed by atoms with Gasteiger partial charge in [0.1, 0.15) is 12.4 Å². The largest absolute Gasteiger partial charge is 0.356 e. The molecule has 1 heterocycles. The first-order chi connectivity index (χ1) is 12.5. The van der Waals surface area contributed by atoms with E-state index in [1.54, 1.807) is 43.4 Å². The van der Waals surface area contributed by atoms with Crippen molar-refractivity contribution in [3.63, 3.8) is 0 Å². The second-order valence-corrected chi connectivity index (χ2v) is 6.52. The van der Waals surface area contributed by atoms with Gasteiger partial charge in [-0.1, -0.05) is 35.9 Å². The SMILES string of the molecule is CN1C(=O)CO[C@@H](C(=O)NCc2cccc(F)c2)[C@H]1c1ccc(Cl)cc1. The Bertz CT molecular complexity index is 813. The lowest BCUT2D eigenvalue weighted by Crippen LogP contribution is -2.52. The number of amides is 2. The monoisotopic (exact) mass is 376 g/mol. The lowest BCUT2D eigenvalue weighted by atomic mass is 9.97. The summed E-state index contributed by atoms with van der Waals surface area (Å²) in [6, 6.07) is 12.4. The minimum absolute atomic E-state index is 0.168. The first-order valence-electron chi connectivity index (χ1n) is 8.10. The zero-order valence-corrected chi connectivity index (χ0v) is 14.9. The molecule has 0 aliphatic carbocycles. The fourth-order valence-corrected chi connectivity index (χ4v) is 3.05. The van der Waals surface area contributed by atoms with E-state index in [0.29, 0.717) is 10.6 Å². The van der Waals surface area contributed by atoms with E-state index in [4.69, 9.17) is 16.3 Å². The smallest absolute Gasteiger partial charge is 0.251 e. The molecule has 2 aromatic rings. The number of carbonyl (C=O) groups excluding carboxylic acids is 2. The molecule has 5 nitrogen and oxygen atoms in total. The number of rotatable bonds is 4. The summed E-state index contributed by atoms with van der Waals surface area (Å²) >= 11 is 5.92. The van der Waals surface area contributed by atoms with Gasteiger partial charge in [0, 0.05) is 18.6 Å². The lowest BCUT2D eigenvalue weighted by molar-refractivity contribution is -0.162. The van der Waals surface area contributed by atoms with Crippen LogP contribution in [0.1, 0.15) is 17.2 Å². The van der Waals surface area contributed by atoms with Crippen LogP contribution in [-0.4, -0.2) is 36.5 Å². The number of morpholine rings is 1. The van der Waals surface area contributed by atoms with Crippen LogP contribution in [0.2, 0.25) is 5.02 Å². The Labute approximate surface area is 155 Å². The quantitative estimate of drug-likeness (QED) is 0.892. The van der Waals surface area contributed by atoms with Crippen LogP contribution in [0, 0.1) is 5.82 Å². The molecule has 2 aromatic carbocycles. The van der Waals surface area contributed by atoms with Crippen molar-refractivity contribution in [2.24, 2.45) is 0 Å². The Kier molecular flexibility index (Phi) is 5.54. The molecule has 1 aliphatic heterocycles. The molecule has 136 valence electrons. The van der Waals surface area contributed by atoms with E-state index in [0.717, 1.165) is 5.56 Å². The van der Waals surface area contributed by atoms with Crippen molar-refractivity contribution in [2.75, 3.05) is 13.7 Å². The first-order valence-corrected chi connectivity index (χ1v) is 8.48. The highest BCUT2D eigenvalue weighted by molar-refractivity contribution is 6.30. The molecule has 0 spiro atoms.